The monoisotopic (exact) mass is 291 g/mol. The summed E-state index contributed by atoms with van der Waals surface area (Å²) in [6.07, 6.45) is 2.41. The fraction of sp³-hybridized carbons (Fsp3) is 0.333. The third-order valence-electron chi connectivity index (χ3n) is 2.85. The van der Waals surface area contributed by atoms with E-state index in [0.29, 0.717) is 30.8 Å². The lowest BCUT2D eigenvalue weighted by atomic mass is 10.2. The number of nitrogens with zero attached hydrogens (tertiary/aromatic N) is 1. The minimum absolute atomic E-state index is 0.0766. The highest BCUT2D eigenvalue weighted by molar-refractivity contribution is 5.76. The Hall–Kier alpha value is -2.21. The number of carbonyl (C=O) groups is 1. The van der Waals surface area contributed by atoms with Crippen molar-refractivity contribution in [1.29, 1.82) is 0 Å². The number of hydrogen-bond acceptors (Lipinski definition) is 4. The normalized spacial score (nSPS) is 12.1. The molecule has 5 nitrogen and oxygen atoms in total. The Morgan fingerprint density at radius 1 is 1.43 bits per heavy atom. The lowest BCUT2D eigenvalue weighted by Crippen LogP contribution is -2.31. The van der Waals surface area contributed by atoms with Gasteiger partial charge in [-0.25, -0.2) is 9.37 Å². The first kappa shape index (κ1) is 15.2. The van der Waals surface area contributed by atoms with Crippen LogP contribution in [0.25, 0.3) is 11.5 Å². The molecule has 0 bridgehead atoms. The smallest absolute Gasteiger partial charge is 0.226 e. The van der Waals surface area contributed by atoms with Gasteiger partial charge in [0.15, 0.2) is 0 Å². The Labute approximate surface area is 122 Å². The Balaban J connectivity index is 1.86. The van der Waals surface area contributed by atoms with Gasteiger partial charge in [0.05, 0.1) is 5.69 Å². The van der Waals surface area contributed by atoms with E-state index in [0.717, 1.165) is 5.69 Å². The number of oxazole rings is 1. The predicted octanol–water partition coefficient (Wildman–Crippen LogP) is 1.88. The Kier molecular flexibility index (Phi) is 5.05. The molecule has 1 aromatic heterocycles. The molecule has 21 heavy (non-hydrogen) atoms. The molecule has 3 N–H and O–H groups in total. The minimum Gasteiger partial charge on any atom is -0.444 e. The van der Waals surface area contributed by atoms with Gasteiger partial charge in [0.25, 0.3) is 0 Å². The molecule has 1 aromatic carbocycles. The highest BCUT2D eigenvalue weighted by Gasteiger charge is 2.08. The van der Waals surface area contributed by atoms with Gasteiger partial charge in [-0.2, -0.15) is 0 Å². The van der Waals surface area contributed by atoms with Crippen LogP contribution in [-0.2, 0) is 11.2 Å². The molecule has 1 amide bonds. The first-order chi connectivity index (χ1) is 10.0. The van der Waals surface area contributed by atoms with E-state index in [1.165, 1.54) is 18.4 Å². The molecule has 0 saturated carbocycles. The number of aromatic nitrogens is 1. The third-order valence-corrected chi connectivity index (χ3v) is 2.85. The Morgan fingerprint density at radius 3 is 2.81 bits per heavy atom. The summed E-state index contributed by atoms with van der Waals surface area (Å²) in [5.74, 6) is 0.0570. The number of halogens is 1. The van der Waals surface area contributed by atoms with Crippen molar-refractivity contribution in [3.8, 4) is 11.5 Å². The van der Waals surface area contributed by atoms with E-state index in [4.69, 9.17) is 10.2 Å². The van der Waals surface area contributed by atoms with Gasteiger partial charge in [-0.15, -0.1) is 0 Å². The van der Waals surface area contributed by atoms with E-state index in [1.807, 2.05) is 0 Å². The summed E-state index contributed by atoms with van der Waals surface area (Å²) in [5.41, 5.74) is 6.98. The highest BCUT2D eigenvalue weighted by atomic mass is 19.1. The van der Waals surface area contributed by atoms with Crippen LogP contribution in [0.1, 0.15) is 19.0 Å². The Morgan fingerprint density at radius 2 is 2.14 bits per heavy atom. The van der Waals surface area contributed by atoms with Crippen molar-refractivity contribution in [3.05, 3.63) is 42.0 Å². The molecule has 6 heteroatoms. The Bertz CT molecular complexity index is 593. The first-order valence-corrected chi connectivity index (χ1v) is 6.77. The SMILES string of the molecule is CC(N)CC(=O)NCCc1coc(-c2ccc(F)cc2)n1. The molecular weight excluding hydrogens is 273 g/mol. The summed E-state index contributed by atoms with van der Waals surface area (Å²) in [4.78, 5) is 15.7. The summed E-state index contributed by atoms with van der Waals surface area (Å²) >= 11 is 0. The third kappa shape index (κ3) is 4.68. The van der Waals surface area contributed by atoms with E-state index in [9.17, 15) is 9.18 Å². The number of carbonyl (C=O) groups excluding carboxylic acids is 1. The summed E-state index contributed by atoms with van der Waals surface area (Å²) in [5, 5.41) is 2.77. The molecule has 2 rings (SSSR count). The van der Waals surface area contributed by atoms with E-state index in [1.54, 1.807) is 19.1 Å². The maximum Gasteiger partial charge on any atom is 0.226 e. The summed E-state index contributed by atoms with van der Waals surface area (Å²) in [6, 6.07) is 5.77. The van der Waals surface area contributed by atoms with Crippen LogP contribution >= 0.6 is 0 Å². The van der Waals surface area contributed by atoms with Gasteiger partial charge >= 0.3 is 0 Å². The van der Waals surface area contributed by atoms with Crippen molar-refractivity contribution >= 4 is 5.91 Å². The number of hydrogen-bond donors (Lipinski definition) is 2. The molecule has 2 aromatic rings. The van der Waals surface area contributed by atoms with E-state index in [2.05, 4.69) is 10.3 Å². The lowest BCUT2D eigenvalue weighted by Gasteiger charge is -2.05. The van der Waals surface area contributed by atoms with E-state index in [-0.39, 0.29) is 17.8 Å². The lowest BCUT2D eigenvalue weighted by molar-refractivity contribution is -0.121. The standard InChI is InChI=1S/C15H18FN3O2/c1-10(17)8-14(20)18-7-6-13-9-21-15(19-13)11-2-4-12(16)5-3-11/h2-5,9-10H,6-8,17H2,1H3,(H,18,20). The number of amides is 1. The topological polar surface area (TPSA) is 81.2 Å². The molecule has 0 aliphatic heterocycles. The van der Waals surface area contributed by atoms with Crippen LogP contribution in [0, 0.1) is 5.82 Å². The van der Waals surface area contributed by atoms with Crippen LogP contribution in [0.5, 0.6) is 0 Å². The highest BCUT2D eigenvalue weighted by Crippen LogP contribution is 2.18. The van der Waals surface area contributed by atoms with Crippen molar-refractivity contribution in [2.45, 2.75) is 25.8 Å². The quantitative estimate of drug-likeness (QED) is 0.851. The van der Waals surface area contributed by atoms with Crippen molar-refractivity contribution < 1.29 is 13.6 Å². The molecule has 0 saturated heterocycles. The van der Waals surface area contributed by atoms with Crippen LogP contribution < -0.4 is 11.1 Å². The molecular formula is C15H18FN3O2. The average molecular weight is 291 g/mol. The molecule has 1 unspecified atom stereocenters. The average Bonchev–Trinajstić information content (AvgIpc) is 2.87. The maximum absolute atomic E-state index is 12.8. The second-order valence-electron chi connectivity index (χ2n) is 4.93. The second kappa shape index (κ2) is 6.99. The zero-order chi connectivity index (χ0) is 15.2. The zero-order valence-corrected chi connectivity index (χ0v) is 11.8. The summed E-state index contributed by atoms with van der Waals surface area (Å²) in [7, 11) is 0. The van der Waals surface area contributed by atoms with Gasteiger partial charge in [-0.1, -0.05) is 0 Å². The number of rotatable bonds is 6. The maximum atomic E-state index is 12.8. The largest absolute Gasteiger partial charge is 0.444 e. The minimum atomic E-state index is -0.303. The van der Waals surface area contributed by atoms with Crippen molar-refractivity contribution in [1.82, 2.24) is 10.3 Å². The van der Waals surface area contributed by atoms with Gasteiger partial charge in [-0.3, -0.25) is 4.79 Å². The predicted molar refractivity (Wildman–Crippen MR) is 76.9 cm³/mol. The molecule has 0 aliphatic rings. The van der Waals surface area contributed by atoms with E-state index < -0.39 is 0 Å². The number of nitrogens with one attached hydrogen (secondary N) is 1. The molecule has 0 fully saturated rings. The molecule has 1 heterocycles. The van der Waals surface area contributed by atoms with Crippen LogP contribution in [0.15, 0.2) is 34.9 Å². The van der Waals surface area contributed by atoms with Gasteiger partial charge in [0, 0.05) is 31.0 Å². The molecule has 0 aliphatic carbocycles. The summed E-state index contributed by atoms with van der Waals surface area (Å²) < 4.78 is 18.2. The van der Waals surface area contributed by atoms with Crippen LogP contribution in [-0.4, -0.2) is 23.5 Å². The van der Waals surface area contributed by atoms with Crippen molar-refractivity contribution in [2.24, 2.45) is 5.73 Å². The van der Waals surface area contributed by atoms with Gasteiger partial charge in [-0.05, 0) is 31.2 Å². The van der Waals surface area contributed by atoms with Gasteiger partial charge in [0.1, 0.15) is 12.1 Å². The fourth-order valence-corrected chi connectivity index (χ4v) is 1.84. The zero-order valence-electron chi connectivity index (χ0n) is 11.8. The first-order valence-electron chi connectivity index (χ1n) is 6.77. The van der Waals surface area contributed by atoms with Gasteiger partial charge in [0.2, 0.25) is 11.8 Å². The van der Waals surface area contributed by atoms with Crippen LogP contribution in [0.3, 0.4) is 0 Å². The molecule has 0 spiro atoms. The molecule has 112 valence electrons. The number of benzene rings is 1. The molecule has 0 radical (unpaired) electrons. The van der Waals surface area contributed by atoms with Gasteiger partial charge < -0.3 is 15.5 Å². The number of nitrogens with two attached hydrogens (primary N) is 1. The van der Waals surface area contributed by atoms with E-state index >= 15 is 0 Å². The van der Waals surface area contributed by atoms with Crippen LogP contribution in [0.4, 0.5) is 4.39 Å². The van der Waals surface area contributed by atoms with Crippen LogP contribution in [0.2, 0.25) is 0 Å². The summed E-state index contributed by atoms with van der Waals surface area (Å²) in [6.45, 7) is 2.26. The van der Waals surface area contributed by atoms with Crippen molar-refractivity contribution in [3.63, 3.8) is 0 Å². The van der Waals surface area contributed by atoms with Crippen molar-refractivity contribution in [2.75, 3.05) is 6.54 Å². The second-order valence-corrected chi connectivity index (χ2v) is 4.93. The molecule has 1 atom stereocenters. The fourth-order valence-electron chi connectivity index (χ4n) is 1.84.